The molecule has 0 atom stereocenters. The van der Waals surface area contributed by atoms with Crippen LogP contribution < -0.4 is 10.1 Å². The van der Waals surface area contributed by atoms with Gasteiger partial charge in [0.15, 0.2) is 0 Å². The molecule has 1 rings (SSSR count). The fourth-order valence-electron chi connectivity index (χ4n) is 1.58. The number of methoxy groups -OCH3 is 1. The first-order valence-electron chi connectivity index (χ1n) is 6.42. The average Bonchev–Trinajstić information content (AvgIpc) is 2.37. The van der Waals surface area contributed by atoms with Crippen molar-refractivity contribution in [2.24, 2.45) is 5.41 Å². The zero-order chi connectivity index (χ0) is 16.4. The molecule has 1 amide bonds. The number of carbonyl (C=O) groups excluding carboxylic acids is 1. The number of rotatable bonds is 5. The van der Waals surface area contributed by atoms with E-state index in [0.29, 0.717) is 5.75 Å². The highest BCUT2D eigenvalue weighted by Gasteiger charge is 2.44. The number of hydrogen-bond donors (Lipinski definition) is 2. The Morgan fingerprint density at radius 3 is 2.24 bits per heavy atom. The first kappa shape index (κ1) is 16.9. The van der Waals surface area contributed by atoms with E-state index in [1.54, 1.807) is 13.8 Å². The molecular weight excluding hydrogens is 277 g/mol. The second-order valence-electron chi connectivity index (χ2n) is 5.86. The van der Waals surface area contributed by atoms with Gasteiger partial charge in [-0.25, -0.2) is 4.39 Å². The van der Waals surface area contributed by atoms with Crippen LogP contribution in [0.4, 0.5) is 4.39 Å². The van der Waals surface area contributed by atoms with Gasteiger partial charge in [-0.15, -0.1) is 0 Å². The number of hydrogen-bond acceptors (Lipinski definition) is 3. The number of carboxylic acid groups (broad SMARTS) is 1. The summed E-state index contributed by atoms with van der Waals surface area (Å²) in [5.41, 5.74) is -2.45. The summed E-state index contributed by atoms with van der Waals surface area (Å²) < 4.78 is 18.7. The summed E-state index contributed by atoms with van der Waals surface area (Å²) >= 11 is 0. The molecule has 1 aromatic rings. The molecule has 0 spiro atoms. The van der Waals surface area contributed by atoms with Crippen molar-refractivity contribution in [2.45, 2.75) is 33.2 Å². The van der Waals surface area contributed by atoms with E-state index in [0.717, 1.165) is 6.07 Å². The monoisotopic (exact) mass is 297 g/mol. The van der Waals surface area contributed by atoms with Gasteiger partial charge in [-0.3, -0.25) is 9.59 Å². The lowest BCUT2D eigenvalue weighted by Crippen LogP contribution is -2.57. The Balaban J connectivity index is 3.03. The van der Waals surface area contributed by atoms with Crippen LogP contribution >= 0.6 is 0 Å². The Morgan fingerprint density at radius 2 is 1.81 bits per heavy atom. The number of nitrogens with one attached hydrogen (secondary N) is 1. The van der Waals surface area contributed by atoms with Crippen LogP contribution in [0, 0.1) is 11.2 Å². The summed E-state index contributed by atoms with van der Waals surface area (Å²) in [6, 6.07) is 3.87. The van der Waals surface area contributed by atoms with E-state index >= 15 is 0 Å². The molecule has 21 heavy (non-hydrogen) atoms. The first-order chi connectivity index (χ1) is 9.52. The minimum atomic E-state index is -1.22. The summed E-state index contributed by atoms with van der Waals surface area (Å²) in [4.78, 5) is 23.5. The fraction of sp³-hybridized carbons (Fsp3) is 0.467. The maximum atomic E-state index is 13.9. The molecule has 0 saturated heterocycles. The van der Waals surface area contributed by atoms with Crippen molar-refractivity contribution in [3.63, 3.8) is 0 Å². The van der Waals surface area contributed by atoms with Crippen LogP contribution in [0.2, 0.25) is 0 Å². The smallest absolute Gasteiger partial charge is 0.311 e. The summed E-state index contributed by atoms with van der Waals surface area (Å²) in [5, 5.41) is 11.8. The number of carboxylic acids is 1. The van der Waals surface area contributed by atoms with Crippen LogP contribution in [0.5, 0.6) is 5.75 Å². The van der Waals surface area contributed by atoms with E-state index in [2.05, 4.69) is 5.32 Å². The van der Waals surface area contributed by atoms with Gasteiger partial charge in [0.25, 0.3) is 5.91 Å². The summed E-state index contributed by atoms with van der Waals surface area (Å²) in [7, 11) is 1.40. The topological polar surface area (TPSA) is 75.6 Å². The molecule has 0 saturated carbocycles. The predicted octanol–water partition coefficient (Wildman–Crippen LogP) is 2.45. The molecule has 2 N–H and O–H groups in total. The number of carbonyl (C=O) groups is 2. The molecular formula is C15H20FNO4. The lowest BCUT2D eigenvalue weighted by molar-refractivity contribution is -0.150. The fourth-order valence-corrected chi connectivity index (χ4v) is 1.58. The maximum absolute atomic E-state index is 13.9. The molecule has 0 radical (unpaired) electrons. The van der Waals surface area contributed by atoms with Gasteiger partial charge in [-0.2, -0.15) is 0 Å². The van der Waals surface area contributed by atoms with Gasteiger partial charge in [0.1, 0.15) is 11.6 Å². The minimum absolute atomic E-state index is 0.162. The van der Waals surface area contributed by atoms with E-state index < -0.39 is 28.6 Å². The molecule has 0 bridgehead atoms. The van der Waals surface area contributed by atoms with Crippen LogP contribution in [0.3, 0.4) is 0 Å². The molecule has 6 heteroatoms. The van der Waals surface area contributed by atoms with Crippen LogP contribution in [0.1, 0.15) is 38.1 Å². The number of amides is 1. The van der Waals surface area contributed by atoms with Gasteiger partial charge in [-0.05, 0) is 39.8 Å². The zero-order valence-corrected chi connectivity index (χ0v) is 12.8. The third-order valence-corrected chi connectivity index (χ3v) is 3.94. The lowest BCUT2D eigenvalue weighted by Gasteiger charge is -2.38. The minimum Gasteiger partial charge on any atom is -0.497 e. The molecule has 0 aromatic heterocycles. The third-order valence-electron chi connectivity index (χ3n) is 3.94. The molecule has 0 heterocycles. The van der Waals surface area contributed by atoms with E-state index in [4.69, 9.17) is 4.74 Å². The predicted molar refractivity (Wildman–Crippen MR) is 75.9 cm³/mol. The standard InChI is InChI=1S/C15H20FNO4/c1-14(2,13(19)20)15(3,4)17-12(18)10-7-6-9(21-5)8-11(10)16/h6-8H,1-5H3,(H,17,18)(H,19,20). The summed E-state index contributed by atoms with van der Waals surface area (Å²) in [6.07, 6.45) is 0. The SMILES string of the molecule is COc1ccc(C(=O)NC(C)(C)C(C)(C)C(=O)O)c(F)c1. The Hall–Kier alpha value is -2.11. The van der Waals surface area contributed by atoms with Gasteiger partial charge in [0.05, 0.1) is 23.6 Å². The third kappa shape index (κ3) is 3.32. The van der Waals surface area contributed by atoms with Gasteiger partial charge in [-0.1, -0.05) is 0 Å². The summed E-state index contributed by atoms with van der Waals surface area (Å²) in [5.74, 6) is -2.15. The largest absolute Gasteiger partial charge is 0.497 e. The van der Waals surface area contributed by atoms with Gasteiger partial charge >= 0.3 is 5.97 Å². The molecule has 0 aliphatic rings. The van der Waals surface area contributed by atoms with Crippen LogP contribution in [-0.2, 0) is 4.79 Å². The molecule has 0 unspecified atom stereocenters. The Bertz CT molecular complexity index is 567. The normalized spacial score (nSPS) is 11.9. The quantitative estimate of drug-likeness (QED) is 0.875. The number of ether oxygens (including phenoxy) is 1. The van der Waals surface area contributed by atoms with Gasteiger partial charge in [0.2, 0.25) is 0 Å². The van der Waals surface area contributed by atoms with Crippen molar-refractivity contribution >= 4 is 11.9 Å². The van der Waals surface area contributed by atoms with Crippen LogP contribution in [-0.4, -0.2) is 29.6 Å². The van der Waals surface area contributed by atoms with E-state index in [-0.39, 0.29) is 5.56 Å². The molecule has 5 nitrogen and oxygen atoms in total. The highest BCUT2D eigenvalue weighted by Crippen LogP contribution is 2.31. The Kier molecular flexibility index (Phi) is 4.61. The molecule has 0 aliphatic carbocycles. The molecule has 0 fully saturated rings. The lowest BCUT2D eigenvalue weighted by atomic mass is 9.74. The molecule has 0 aliphatic heterocycles. The van der Waals surface area contributed by atoms with Crippen molar-refractivity contribution in [2.75, 3.05) is 7.11 Å². The number of aliphatic carboxylic acids is 1. The van der Waals surface area contributed by atoms with Crippen molar-refractivity contribution in [3.8, 4) is 5.75 Å². The maximum Gasteiger partial charge on any atom is 0.311 e. The summed E-state index contributed by atoms with van der Waals surface area (Å²) in [6.45, 7) is 6.17. The number of benzene rings is 1. The Morgan fingerprint density at radius 1 is 1.24 bits per heavy atom. The highest BCUT2D eigenvalue weighted by atomic mass is 19.1. The number of halogens is 1. The second kappa shape index (κ2) is 5.71. The zero-order valence-electron chi connectivity index (χ0n) is 12.8. The van der Waals surface area contributed by atoms with Crippen LogP contribution in [0.15, 0.2) is 18.2 Å². The van der Waals surface area contributed by atoms with Crippen molar-refractivity contribution in [1.82, 2.24) is 5.32 Å². The van der Waals surface area contributed by atoms with E-state index in [1.165, 1.54) is 33.1 Å². The van der Waals surface area contributed by atoms with Gasteiger partial charge in [0, 0.05) is 6.07 Å². The van der Waals surface area contributed by atoms with Crippen molar-refractivity contribution < 1.29 is 23.8 Å². The van der Waals surface area contributed by atoms with E-state index in [1.807, 2.05) is 0 Å². The Labute approximate surface area is 123 Å². The van der Waals surface area contributed by atoms with Crippen LogP contribution in [0.25, 0.3) is 0 Å². The average molecular weight is 297 g/mol. The first-order valence-corrected chi connectivity index (χ1v) is 6.42. The second-order valence-corrected chi connectivity index (χ2v) is 5.86. The van der Waals surface area contributed by atoms with Crippen molar-refractivity contribution in [1.29, 1.82) is 0 Å². The van der Waals surface area contributed by atoms with Crippen molar-refractivity contribution in [3.05, 3.63) is 29.6 Å². The molecule has 1 aromatic carbocycles. The molecule has 116 valence electrons. The van der Waals surface area contributed by atoms with Gasteiger partial charge < -0.3 is 15.2 Å². The van der Waals surface area contributed by atoms with E-state index in [9.17, 15) is 19.1 Å². The highest BCUT2D eigenvalue weighted by molar-refractivity contribution is 5.95.